The van der Waals surface area contributed by atoms with Crippen molar-refractivity contribution in [1.82, 2.24) is 4.57 Å². The first-order valence-corrected chi connectivity index (χ1v) is 10.4. The van der Waals surface area contributed by atoms with Crippen LogP contribution in [-0.2, 0) is 9.53 Å². The summed E-state index contributed by atoms with van der Waals surface area (Å²) in [5.41, 5.74) is 0. The fourth-order valence-corrected chi connectivity index (χ4v) is 5.13. The molecule has 0 aromatic heterocycles. The standard InChI is InChI=1S/C15H26N2O2Si/c1-15(2,3)20(4,5)17-12(11-14(17)18)7-6-10-19-13-8-9-16-13/h8-9,12H,6-7,10-11H2,1-5H3. The highest BCUT2D eigenvalue weighted by Crippen LogP contribution is 2.43. The van der Waals surface area contributed by atoms with Crippen molar-refractivity contribution in [3.8, 4) is 0 Å². The van der Waals surface area contributed by atoms with Crippen LogP contribution in [0.3, 0.4) is 0 Å². The summed E-state index contributed by atoms with van der Waals surface area (Å²) in [4.78, 5) is 16.0. The van der Waals surface area contributed by atoms with E-state index in [0.717, 1.165) is 18.7 Å². The number of ether oxygens (including phenoxy) is 1. The molecule has 1 saturated heterocycles. The Morgan fingerprint density at radius 1 is 1.45 bits per heavy atom. The van der Waals surface area contributed by atoms with Crippen LogP contribution in [0.1, 0.15) is 40.0 Å². The zero-order valence-electron chi connectivity index (χ0n) is 13.3. The molecule has 2 heterocycles. The van der Waals surface area contributed by atoms with Gasteiger partial charge in [-0.2, -0.15) is 0 Å². The highest BCUT2D eigenvalue weighted by Gasteiger charge is 2.51. The molecule has 20 heavy (non-hydrogen) atoms. The summed E-state index contributed by atoms with van der Waals surface area (Å²) >= 11 is 0. The maximum Gasteiger partial charge on any atom is 0.216 e. The minimum absolute atomic E-state index is 0.212. The molecule has 0 saturated carbocycles. The van der Waals surface area contributed by atoms with Gasteiger partial charge in [0.1, 0.15) is 0 Å². The van der Waals surface area contributed by atoms with Gasteiger partial charge in [0.2, 0.25) is 11.8 Å². The number of amides is 1. The molecule has 1 unspecified atom stereocenters. The minimum Gasteiger partial charge on any atom is -0.478 e. The molecule has 112 valence electrons. The predicted octanol–water partition coefficient (Wildman–Crippen LogP) is 3.32. The quantitative estimate of drug-likeness (QED) is 0.443. The Labute approximate surface area is 123 Å². The van der Waals surface area contributed by atoms with Crippen LogP contribution >= 0.6 is 0 Å². The van der Waals surface area contributed by atoms with Crippen molar-refractivity contribution in [2.45, 2.75) is 64.2 Å². The Kier molecular flexibility index (Phi) is 4.09. The van der Waals surface area contributed by atoms with Crippen molar-refractivity contribution in [2.75, 3.05) is 6.61 Å². The van der Waals surface area contributed by atoms with Gasteiger partial charge in [0.05, 0.1) is 6.61 Å². The van der Waals surface area contributed by atoms with Crippen LogP contribution in [-0.4, -0.2) is 37.3 Å². The van der Waals surface area contributed by atoms with Crippen LogP contribution in [0.5, 0.6) is 0 Å². The molecule has 1 atom stereocenters. The normalized spacial score (nSPS) is 22.2. The van der Waals surface area contributed by atoms with Crippen LogP contribution in [0.4, 0.5) is 0 Å². The fourth-order valence-electron chi connectivity index (χ4n) is 2.56. The number of rotatable bonds is 5. The maximum absolute atomic E-state index is 12.0. The highest BCUT2D eigenvalue weighted by molar-refractivity contribution is 6.79. The van der Waals surface area contributed by atoms with Crippen molar-refractivity contribution in [3.05, 3.63) is 12.3 Å². The van der Waals surface area contributed by atoms with Crippen molar-refractivity contribution in [3.63, 3.8) is 0 Å². The summed E-state index contributed by atoms with van der Waals surface area (Å²) in [5.74, 6) is 1.07. The molecule has 0 aliphatic carbocycles. The fraction of sp³-hybridized carbons (Fsp3) is 0.733. The monoisotopic (exact) mass is 294 g/mol. The van der Waals surface area contributed by atoms with E-state index in [-0.39, 0.29) is 5.04 Å². The van der Waals surface area contributed by atoms with Crippen LogP contribution in [0, 0.1) is 0 Å². The summed E-state index contributed by atoms with van der Waals surface area (Å²) in [6.45, 7) is 12.1. The minimum atomic E-state index is -1.72. The number of carbonyl (C=O) groups excluding carboxylic acids is 1. The molecule has 1 amide bonds. The molecule has 4 nitrogen and oxygen atoms in total. The van der Waals surface area contributed by atoms with Gasteiger partial charge in [0, 0.05) is 24.7 Å². The lowest BCUT2D eigenvalue weighted by Gasteiger charge is -2.55. The van der Waals surface area contributed by atoms with Crippen molar-refractivity contribution >= 4 is 20.0 Å². The highest BCUT2D eigenvalue weighted by atomic mass is 28.3. The van der Waals surface area contributed by atoms with E-state index in [9.17, 15) is 4.79 Å². The second-order valence-electron chi connectivity index (χ2n) is 7.20. The smallest absolute Gasteiger partial charge is 0.216 e. The molecule has 0 N–H and O–H groups in total. The third-order valence-electron chi connectivity index (χ3n) is 4.83. The van der Waals surface area contributed by atoms with Crippen LogP contribution in [0.25, 0.3) is 0 Å². The first kappa shape index (κ1) is 15.3. The second kappa shape index (κ2) is 5.35. The van der Waals surface area contributed by atoms with Crippen molar-refractivity contribution in [1.29, 1.82) is 0 Å². The van der Waals surface area contributed by atoms with Gasteiger partial charge in [0.25, 0.3) is 0 Å². The Morgan fingerprint density at radius 2 is 2.10 bits per heavy atom. The first-order chi connectivity index (χ1) is 9.23. The lowest BCUT2D eigenvalue weighted by Crippen LogP contribution is -2.68. The van der Waals surface area contributed by atoms with Crippen LogP contribution < -0.4 is 0 Å². The van der Waals surface area contributed by atoms with Gasteiger partial charge >= 0.3 is 0 Å². The number of hydrogen-bond acceptors (Lipinski definition) is 3. The number of β-lactam (4-membered cyclic amide) rings is 1. The summed E-state index contributed by atoms with van der Waals surface area (Å²) in [6, 6.07) is 0.422. The molecule has 2 aliphatic rings. The summed E-state index contributed by atoms with van der Waals surface area (Å²) in [5, 5.41) is 0.212. The number of hydrogen-bond donors (Lipinski definition) is 0. The SMILES string of the molecule is CC(C)(C)[Si](C)(C)N1C(=O)CC1CCCOC1=NC=C1. The Bertz CT molecular complexity index is 449. The largest absolute Gasteiger partial charge is 0.478 e. The Morgan fingerprint density at radius 3 is 2.55 bits per heavy atom. The molecule has 2 rings (SSSR count). The molecule has 0 bridgehead atoms. The lowest BCUT2D eigenvalue weighted by molar-refractivity contribution is -0.139. The average molecular weight is 294 g/mol. The molecule has 0 spiro atoms. The lowest BCUT2D eigenvalue weighted by atomic mass is 10.0. The van der Waals surface area contributed by atoms with Gasteiger partial charge in [-0.05, 0) is 17.9 Å². The van der Waals surface area contributed by atoms with E-state index < -0.39 is 8.24 Å². The number of aliphatic imine (C=N–C) groups is 1. The van der Waals surface area contributed by atoms with Gasteiger partial charge in [-0.3, -0.25) is 4.79 Å². The molecule has 1 fully saturated rings. The van der Waals surface area contributed by atoms with Crippen molar-refractivity contribution < 1.29 is 9.53 Å². The summed E-state index contributed by atoms with van der Waals surface area (Å²) < 4.78 is 7.70. The van der Waals surface area contributed by atoms with Gasteiger partial charge < -0.3 is 9.30 Å². The molecule has 0 aromatic carbocycles. The van der Waals surface area contributed by atoms with Gasteiger partial charge in [-0.15, -0.1) is 0 Å². The number of carbonyl (C=O) groups is 1. The van der Waals surface area contributed by atoms with E-state index in [0.29, 0.717) is 25.0 Å². The zero-order chi connectivity index (χ0) is 15.0. The van der Waals surface area contributed by atoms with Crippen LogP contribution in [0.2, 0.25) is 18.1 Å². The van der Waals surface area contributed by atoms with Gasteiger partial charge in [0.15, 0.2) is 8.24 Å². The van der Waals surface area contributed by atoms with E-state index in [1.165, 1.54) is 0 Å². The first-order valence-electron chi connectivity index (χ1n) is 7.43. The predicted molar refractivity (Wildman–Crippen MR) is 84.2 cm³/mol. The summed E-state index contributed by atoms with van der Waals surface area (Å²) in [7, 11) is -1.72. The van der Waals surface area contributed by atoms with E-state index in [1.807, 2.05) is 6.08 Å². The maximum atomic E-state index is 12.0. The third kappa shape index (κ3) is 2.82. The van der Waals surface area contributed by atoms with Gasteiger partial charge in [-0.1, -0.05) is 33.9 Å². The molecular formula is C15H26N2O2Si. The molecule has 5 heteroatoms. The van der Waals surface area contributed by atoms with Crippen LogP contribution in [0.15, 0.2) is 17.3 Å². The van der Waals surface area contributed by atoms with Crippen molar-refractivity contribution in [2.24, 2.45) is 4.99 Å². The summed E-state index contributed by atoms with van der Waals surface area (Å²) in [6.07, 6.45) is 6.34. The van der Waals surface area contributed by atoms with E-state index in [1.54, 1.807) is 6.20 Å². The number of nitrogens with zero attached hydrogens (tertiary/aromatic N) is 2. The van der Waals surface area contributed by atoms with E-state index in [2.05, 4.69) is 43.4 Å². The average Bonchev–Trinajstić information content (AvgIpc) is 2.22. The Hall–Kier alpha value is -1.10. The third-order valence-corrected chi connectivity index (χ3v) is 10.3. The molecular weight excluding hydrogens is 268 g/mol. The van der Waals surface area contributed by atoms with Gasteiger partial charge in [-0.25, -0.2) is 4.99 Å². The molecule has 2 aliphatic heterocycles. The topological polar surface area (TPSA) is 41.9 Å². The van der Waals surface area contributed by atoms with E-state index in [4.69, 9.17) is 4.74 Å². The zero-order valence-corrected chi connectivity index (χ0v) is 14.3. The van der Waals surface area contributed by atoms with E-state index >= 15 is 0 Å². The molecule has 0 radical (unpaired) electrons. The molecule has 0 aromatic rings. The Balaban J connectivity index is 1.81. The second-order valence-corrected chi connectivity index (χ2v) is 12.3.